The fraction of sp³-hybridized carbons (Fsp3) is 0.286. The monoisotopic (exact) mass is 380 g/mol. The fourth-order valence-corrected chi connectivity index (χ4v) is 4.13. The van der Waals surface area contributed by atoms with Gasteiger partial charge in [-0.15, -0.1) is 0 Å². The van der Waals surface area contributed by atoms with E-state index in [9.17, 15) is 14.9 Å². The second kappa shape index (κ2) is 8.28. The van der Waals surface area contributed by atoms with Crippen LogP contribution in [-0.4, -0.2) is 27.3 Å². The number of amides is 2. The van der Waals surface area contributed by atoms with Crippen molar-refractivity contribution in [3.8, 4) is 11.8 Å². The van der Waals surface area contributed by atoms with Gasteiger partial charge in [0.25, 0.3) is 5.24 Å². The van der Waals surface area contributed by atoms with Crippen LogP contribution in [0.15, 0.2) is 48.5 Å². The summed E-state index contributed by atoms with van der Waals surface area (Å²) >= 11 is 1.07. The molecule has 0 radical (unpaired) electrons. The van der Waals surface area contributed by atoms with Crippen LogP contribution in [0, 0.1) is 11.3 Å². The first-order valence-electron chi connectivity index (χ1n) is 8.73. The third kappa shape index (κ3) is 4.15. The molecule has 27 heavy (non-hydrogen) atoms. The van der Waals surface area contributed by atoms with Gasteiger partial charge >= 0.3 is 0 Å². The second-order valence-corrected chi connectivity index (χ2v) is 7.70. The number of carbonyl (C=O) groups is 2. The molecule has 0 N–H and O–H groups in total. The van der Waals surface area contributed by atoms with Crippen LogP contribution in [0.4, 0.5) is 4.79 Å². The Morgan fingerprint density at radius 1 is 1.11 bits per heavy atom. The summed E-state index contributed by atoms with van der Waals surface area (Å²) in [7, 11) is 0. The Morgan fingerprint density at radius 3 is 2.44 bits per heavy atom. The fourth-order valence-electron chi connectivity index (χ4n) is 2.99. The molecule has 1 unspecified atom stereocenters. The summed E-state index contributed by atoms with van der Waals surface area (Å²) in [6.45, 7) is 3.94. The van der Waals surface area contributed by atoms with Crippen molar-refractivity contribution >= 4 is 22.9 Å². The summed E-state index contributed by atoms with van der Waals surface area (Å²) in [5, 5.41) is 8.57. The highest BCUT2D eigenvalue weighted by Gasteiger charge is 2.41. The normalized spacial score (nSPS) is 16.7. The standard InChI is InChI=1S/C21H20N2O3S/c1-14(2)23-20(24)19(27-21(23)25)11-15-7-5-6-10-18(15)26-13-17-9-4-3-8-16(17)12-22/h3-10,14,19H,11,13H2,1-2H3. The first-order chi connectivity index (χ1) is 13.0. The van der Waals surface area contributed by atoms with Gasteiger partial charge in [0, 0.05) is 11.6 Å². The number of benzene rings is 2. The molecule has 1 fully saturated rings. The molecule has 0 aromatic heterocycles. The molecule has 2 aromatic carbocycles. The van der Waals surface area contributed by atoms with E-state index >= 15 is 0 Å². The number of thioether (sulfide) groups is 1. The molecule has 1 atom stereocenters. The molecule has 1 saturated heterocycles. The lowest BCUT2D eigenvalue weighted by atomic mass is 10.1. The Hall–Kier alpha value is -2.78. The lowest BCUT2D eigenvalue weighted by Gasteiger charge is -2.18. The van der Waals surface area contributed by atoms with E-state index in [1.165, 1.54) is 4.90 Å². The third-order valence-corrected chi connectivity index (χ3v) is 5.42. The van der Waals surface area contributed by atoms with Gasteiger partial charge in [0.05, 0.1) is 16.9 Å². The maximum atomic E-state index is 12.5. The van der Waals surface area contributed by atoms with E-state index in [2.05, 4.69) is 6.07 Å². The number of rotatable bonds is 6. The SMILES string of the molecule is CC(C)N1C(=O)SC(Cc2ccccc2OCc2ccccc2C#N)C1=O. The number of ether oxygens (including phenoxy) is 1. The van der Waals surface area contributed by atoms with Crippen LogP contribution in [0.3, 0.4) is 0 Å². The highest BCUT2D eigenvalue weighted by atomic mass is 32.2. The van der Waals surface area contributed by atoms with Crippen LogP contribution >= 0.6 is 11.8 Å². The van der Waals surface area contributed by atoms with Crippen molar-refractivity contribution in [3.63, 3.8) is 0 Å². The largest absolute Gasteiger partial charge is 0.489 e. The molecule has 2 aromatic rings. The molecule has 0 bridgehead atoms. The van der Waals surface area contributed by atoms with Crippen LogP contribution in [-0.2, 0) is 17.8 Å². The number of imide groups is 1. The van der Waals surface area contributed by atoms with Gasteiger partial charge in [-0.05, 0) is 38.0 Å². The second-order valence-electron chi connectivity index (χ2n) is 6.54. The minimum Gasteiger partial charge on any atom is -0.489 e. The molecule has 5 nitrogen and oxygen atoms in total. The summed E-state index contributed by atoms with van der Waals surface area (Å²) < 4.78 is 5.94. The molecular weight excluding hydrogens is 360 g/mol. The van der Waals surface area contributed by atoms with Crippen LogP contribution in [0.2, 0.25) is 0 Å². The van der Waals surface area contributed by atoms with Crippen LogP contribution in [0.5, 0.6) is 5.75 Å². The average Bonchev–Trinajstić information content (AvgIpc) is 2.94. The minimum absolute atomic E-state index is 0.142. The van der Waals surface area contributed by atoms with E-state index in [0.29, 0.717) is 17.7 Å². The van der Waals surface area contributed by atoms with Gasteiger partial charge in [-0.2, -0.15) is 5.26 Å². The molecule has 6 heteroatoms. The third-order valence-electron chi connectivity index (χ3n) is 4.37. The number of nitriles is 1. The van der Waals surface area contributed by atoms with Crippen LogP contribution in [0.1, 0.15) is 30.5 Å². The molecule has 0 spiro atoms. The molecule has 1 heterocycles. The zero-order chi connectivity index (χ0) is 19.4. The summed E-state index contributed by atoms with van der Waals surface area (Å²) in [6, 6.07) is 16.8. The number of para-hydroxylation sites is 1. The van der Waals surface area contributed by atoms with E-state index < -0.39 is 5.25 Å². The van der Waals surface area contributed by atoms with E-state index in [1.807, 2.05) is 56.3 Å². The van der Waals surface area contributed by atoms with E-state index in [4.69, 9.17) is 4.74 Å². The molecule has 1 aliphatic heterocycles. The highest BCUT2D eigenvalue weighted by Crippen LogP contribution is 2.33. The Labute approximate surface area is 162 Å². The van der Waals surface area contributed by atoms with Crippen LogP contribution < -0.4 is 4.74 Å². The van der Waals surface area contributed by atoms with Crippen molar-refractivity contribution in [2.24, 2.45) is 0 Å². The van der Waals surface area contributed by atoms with Crippen molar-refractivity contribution in [1.29, 1.82) is 5.26 Å². The predicted octanol–water partition coefficient (Wildman–Crippen LogP) is 4.15. The number of hydrogen-bond donors (Lipinski definition) is 0. The Morgan fingerprint density at radius 2 is 1.78 bits per heavy atom. The van der Waals surface area contributed by atoms with Gasteiger partial charge in [0.2, 0.25) is 5.91 Å². The average molecular weight is 380 g/mol. The molecule has 138 valence electrons. The molecule has 2 amide bonds. The number of carbonyl (C=O) groups excluding carboxylic acids is 2. The Kier molecular flexibility index (Phi) is 5.82. The predicted molar refractivity (Wildman–Crippen MR) is 104 cm³/mol. The summed E-state index contributed by atoms with van der Waals surface area (Å²) in [4.78, 5) is 26.0. The van der Waals surface area contributed by atoms with E-state index in [-0.39, 0.29) is 23.8 Å². The Bertz CT molecular complexity index is 904. The first kappa shape index (κ1) is 19.0. The van der Waals surface area contributed by atoms with Gasteiger partial charge in [0.15, 0.2) is 0 Å². The van der Waals surface area contributed by atoms with Gasteiger partial charge in [-0.3, -0.25) is 14.5 Å². The smallest absolute Gasteiger partial charge is 0.289 e. The van der Waals surface area contributed by atoms with Crippen molar-refractivity contribution in [2.75, 3.05) is 0 Å². The van der Waals surface area contributed by atoms with Crippen molar-refractivity contribution < 1.29 is 14.3 Å². The molecule has 3 rings (SSSR count). The lowest BCUT2D eigenvalue weighted by Crippen LogP contribution is -2.37. The first-order valence-corrected chi connectivity index (χ1v) is 9.61. The zero-order valence-electron chi connectivity index (χ0n) is 15.2. The van der Waals surface area contributed by atoms with Gasteiger partial charge in [0.1, 0.15) is 12.4 Å². The topological polar surface area (TPSA) is 70.4 Å². The van der Waals surface area contributed by atoms with Crippen LogP contribution in [0.25, 0.3) is 0 Å². The lowest BCUT2D eigenvalue weighted by molar-refractivity contribution is -0.127. The van der Waals surface area contributed by atoms with Crippen molar-refractivity contribution in [1.82, 2.24) is 4.90 Å². The van der Waals surface area contributed by atoms with E-state index in [1.54, 1.807) is 6.07 Å². The van der Waals surface area contributed by atoms with Gasteiger partial charge < -0.3 is 4.74 Å². The quantitative estimate of drug-likeness (QED) is 0.753. The van der Waals surface area contributed by atoms with E-state index in [0.717, 1.165) is 22.9 Å². The molecule has 0 aliphatic carbocycles. The van der Waals surface area contributed by atoms with Gasteiger partial charge in [-0.25, -0.2) is 0 Å². The highest BCUT2D eigenvalue weighted by molar-refractivity contribution is 8.15. The Balaban J connectivity index is 1.74. The van der Waals surface area contributed by atoms with Crippen molar-refractivity contribution in [3.05, 3.63) is 65.2 Å². The summed E-state index contributed by atoms with van der Waals surface area (Å²) in [6.07, 6.45) is 0.425. The molecule has 1 aliphatic rings. The number of hydrogen-bond acceptors (Lipinski definition) is 5. The van der Waals surface area contributed by atoms with Gasteiger partial charge in [-0.1, -0.05) is 48.2 Å². The summed E-state index contributed by atoms with van der Waals surface area (Å²) in [5.74, 6) is 0.513. The molecule has 0 saturated carbocycles. The molecular formula is C21H20N2O3S. The maximum absolute atomic E-state index is 12.5. The zero-order valence-corrected chi connectivity index (χ0v) is 16.0. The minimum atomic E-state index is -0.434. The maximum Gasteiger partial charge on any atom is 0.289 e. The number of nitrogens with zero attached hydrogens (tertiary/aromatic N) is 2. The van der Waals surface area contributed by atoms with Crippen molar-refractivity contribution in [2.45, 2.75) is 38.2 Å². The summed E-state index contributed by atoms with van der Waals surface area (Å²) in [5.41, 5.74) is 2.26.